The second kappa shape index (κ2) is 7.11. The van der Waals surface area contributed by atoms with Crippen molar-refractivity contribution in [1.82, 2.24) is 0 Å². The van der Waals surface area contributed by atoms with E-state index in [0.717, 1.165) is 29.0 Å². The molecule has 0 unspecified atom stereocenters. The fourth-order valence-corrected chi connectivity index (χ4v) is 2.91. The van der Waals surface area contributed by atoms with Crippen molar-refractivity contribution < 1.29 is 9.59 Å². The number of benzene rings is 2. The summed E-state index contributed by atoms with van der Waals surface area (Å²) in [6, 6.07) is 15.0. The van der Waals surface area contributed by atoms with Gasteiger partial charge in [0, 0.05) is 5.69 Å². The molecule has 0 saturated carbocycles. The SMILES string of the molecule is CCc1ccc(NC2=C(Cl)C(=O)N(c3ccc(CC)cc3)C2=O)cc1. The lowest BCUT2D eigenvalue weighted by atomic mass is 10.1. The van der Waals surface area contributed by atoms with Crippen LogP contribution in [0, 0.1) is 0 Å². The molecule has 1 N–H and O–H groups in total. The van der Waals surface area contributed by atoms with Crippen molar-refractivity contribution in [3.05, 3.63) is 70.4 Å². The first-order chi connectivity index (χ1) is 12.0. The Labute approximate surface area is 152 Å². The van der Waals surface area contributed by atoms with Crippen LogP contribution in [0.1, 0.15) is 25.0 Å². The van der Waals surface area contributed by atoms with Crippen LogP contribution in [0.2, 0.25) is 0 Å². The van der Waals surface area contributed by atoms with Gasteiger partial charge >= 0.3 is 0 Å². The van der Waals surface area contributed by atoms with Gasteiger partial charge in [0.2, 0.25) is 0 Å². The molecule has 1 aliphatic rings. The predicted molar refractivity (Wildman–Crippen MR) is 101 cm³/mol. The van der Waals surface area contributed by atoms with Gasteiger partial charge in [0.05, 0.1) is 5.69 Å². The third-order valence-electron chi connectivity index (χ3n) is 4.26. The maximum absolute atomic E-state index is 12.7. The average Bonchev–Trinajstić information content (AvgIpc) is 2.86. The third-order valence-corrected chi connectivity index (χ3v) is 4.61. The molecule has 1 heterocycles. The molecule has 0 saturated heterocycles. The predicted octanol–water partition coefficient (Wildman–Crippen LogP) is 4.25. The maximum atomic E-state index is 12.7. The van der Waals surface area contributed by atoms with Crippen molar-refractivity contribution in [2.45, 2.75) is 26.7 Å². The number of carbonyl (C=O) groups is 2. The van der Waals surface area contributed by atoms with Crippen molar-refractivity contribution >= 4 is 34.8 Å². The van der Waals surface area contributed by atoms with Gasteiger partial charge in [0.1, 0.15) is 10.7 Å². The maximum Gasteiger partial charge on any atom is 0.283 e. The highest BCUT2D eigenvalue weighted by atomic mass is 35.5. The molecule has 0 spiro atoms. The molecule has 0 fully saturated rings. The second-order valence-electron chi connectivity index (χ2n) is 5.83. The second-order valence-corrected chi connectivity index (χ2v) is 6.21. The molecule has 5 heteroatoms. The lowest BCUT2D eigenvalue weighted by Gasteiger charge is -2.15. The van der Waals surface area contributed by atoms with Gasteiger partial charge in [0.25, 0.3) is 11.8 Å². The first-order valence-electron chi connectivity index (χ1n) is 8.28. The molecule has 4 nitrogen and oxygen atoms in total. The minimum Gasteiger partial charge on any atom is -0.350 e. The Bertz CT molecular complexity index is 839. The van der Waals surface area contributed by atoms with Gasteiger partial charge in [-0.1, -0.05) is 49.7 Å². The molecule has 2 amide bonds. The van der Waals surface area contributed by atoms with Crippen LogP contribution in [0.15, 0.2) is 59.3 Å². The summed E-state index contributed by atoms with van der Waals surface area (Å²) in [6.45, 7) is 4.12. The van der Waals surface area contributed by atoms with Gasteiger partial charge in [-0.2, -0.15) is 0 Å². The lowest BCUT2D eigenvalue weighted by molar-refractivity contribution is -0.120. The number of rotatable bonds is 5. The van der Waals surface area contributed by atoms with Gasteiger partial charge < -0.3 is 5.32 Å². The minimum absolute atomic E-state index is 0.0934. The van der Waals surface area contributed by atoms with Crippen LogP contribution in [-0.2, 0) is 22.4 Å². The summed E-state index contributed by atoms with van der Waals surface area (Å²) in [5.74, 6) is -0.956. The van der Waals surface area contributed by atoms with Crippen LogP contribution < -0.4 is 10.2 Å². The van der Waals surface area contributed by atoms with Gasteiger partial charge in [-0.15, -0.1) is 0 Å². The van der Waals surface area contributed by atoms with Crippen LogP contribution >= 0.6 is 11.6 Å². The Morgan fingerprint density at radius 1 is 0.840 bits per heavy atom. The molecule has 0 atom stereocenters. The number of halogens is 1. The van der Waals surface area contributed by atoms with Crippen molar-refractivity contribution in [2.24, 2.45) is 0 Å². The first kappa shape index (κ1) is 17.2. The zero-order chi connectivity index (χ0) is 18.0. The molecule has 0 aliphatic carbocycles. The summed E-state index contributed by atoms with van der Waals surface area (Å²) in [5.41, 5.74) is 3.67. The fourth-order valence-electron chi connectivity index (χ4n) is 2.69. The number of hydrogen-bond acceptors (Lipinski definition) is 3. The Morgan fingerprint density at radius 2 is 1.36 bits per heavy atom. The Morgan fingerprint density at radius 3 is 1.88 bits per heavy atom. The van der Waals surface area contributed by atoms with E-state index in [4.69, 9.17) is 11.6 Å². The topological polar surface area (TPSA) is 49.4 Å². The summed E-state index contributed by atoms with van der Waals surface area (Å²) >= 11 is 6.14. The number of nitrogens with one attached hydrogen (secondary N) is 1. The number of amides is 2. The molecule has 0 aromatic heterocycles. The number of anilines is 2. The first-order valence-corrected chi connectivity index (χ1v) is 8.66. The highest BCUT2D eigenvalue weighted by Crippen LogP contribution is 2.30. The lowest BCUT2D eigenvalue weighted by Crippen LogP contribution is -2.32. The smallest absolute Gasteiger partial charge is 0.283 e. The highest BCUT2D eigenvalue weighted by molar-refractivity contribution is 6.53. The summed E-state index contributed by atoms with van der Waals surface area (Å²) in [6.07, 6.45) is 1.82. The quantitative estimate of drug-likeness (QED) is 0.817. The van der Waals surface area contributed by atoms with Gasteiger partial charge in [-0.25, -0.2) is 4.90 Å². The van der Waals surface area contributed by atoms with Crippen molar-refractivity contribution in [3.63, 3.8) is 0 Å². The van der Waals surface area contributed by atoms with Gasteiger partial charge in [-0.05, 0) is 48.2 Å². The fraction of sp³-hybridized carbons (Fsp3) is 0.200. The summed E-state index contributed by atoms with van der Waals surface area (Å²) in [5, 5.41) is 2.89. The molecule has 0 bridgehead atoms. The number of imide groups is 1. The van der Waals surface area contributed by atoms with Crippen LogP contribution in [0.3, 0.4) is 0 Å². The average molecular weight is 355 g/mol. The van der Waals surface area contributed by atoms with Crippen molar-refractivity contribution in [1.29, 1.82) is 0 Å². The van der Waals surface area contributed by atoms with Crippen molar-refractivity contribution in [3.8, 4) is 0 Å². The van der Waals surface area contributed by atoms with E-state index < -0.39 is 11.8 Å². The van der Waals surface area contributed by atoms with Crippen LogP contribution in [0.4, 0.5) is 11.4 Å². The van der Waals surface area contributed by atoms with E-state index in [2.05, 4.69) is 12.2 Å². The standard InChI is InChI=1S/C20H19ClN2O2/c1-3-13-5-9-15(10-6-13)22-18-17(21)19(24)23(20(18)25)16-11-7-14(4-2)8-12-16/h5-12,22H,3-4H2,1-2H3. The Hall–Kier alpha value is -2.59. The molecule has 25 heavy (non-hydrogen) atoms. The van der Waals surface area contributed by atoms with E-state index in [1.807, 2.05) is 43.3 Å². The van der Waals surface area contributed by atoms with E-state index >= 15 is 0 Å². The zero-order valence-electron chi connectivity index (χ0n) is 14.2. The Balaban J connectivity index is 1.85. The van der Waals surface area contributed by atoms with Crippen molar-refractivity contribution in [2.75, 3.05) is 10.2 Å². The number of carbonyl (C=O) groups excluding carboxylic acids is 2. The summed E-state index contributed by atoms with van der Waals surface area (Å²) in [7, 11) is 0. The highest BCUT2D eigenvalue weighted by Gasteiger charge is 2.38. The van der Waals surface area contributed by atoms with Crippen LogP contribution in [0.5, 0.6) is 0 Å². The number of nitrogens with zero attached hydrogens (tertiary/aromatic N) is 1. The molecule has 0 radical (unpaired) electrons. The largest absolute Gasteiger partial charge is 0.350 e. The molecular formula is C20H19ClN2O2. The molecule has 2 aromatic carbocycles. The van der Waals surface area contributed by atoms with E-state index in [1.54, 1.807) is 12.1 Å². The minimum atomic E-state index is -0.511. The van der Waals surface area contributed by atoms with Gasteiger partial charge in [0.15, 0.2) is 0 Å². The monoisotopic (exact) mass is 354 g/mol. The van der Waals surface area contributed by atoms with E-state index in [1.165, 1.54) is 5.56 Å². The third kappa shape index (κ3) is 3.30. The normalized spacial score (nSPS) is 14.4. The molecule has 128 valence electrons. The molecular weight excluding hydrogens is 336 g/mol. The summed E-state index contributed by atoms with van der Waals surface area (Å²) in [4.78, 5) is 26.3. The van der Waals surface area contributed by atoms with E-state index in [0.29, 0.717) is 5.69 Å². The molecule has 1 aliphatic heterocycles. The Kier molecular flexibility index (Phi) is 4.91. The van der Waals surface area contributed by atoms with Gasteiger partial charge in [-0.3, -0.25) is 9.59 Å². The number of hydrogen-bond donors (Lipinski definition) is 1. The van der Waals surface area contributed by atoms with E-state index in [-0.39, 0.29) is 10.7 Å². The number of aryl methyl sites for hydroxylation is 2. The van der Waals surface area contributed by atoms with Crippen LogP contribution in [-0.4, -0.2) is 11.8 Å². The van der Waals surface area contributed by atoms with Crippen LogP contribution in [0.25, 0.3) is 0 Å². The van der Waals surface area contributed by atoms with E-state index in [9.17, 15) is 9.59 Å². The zero-order valence-corrected chi connectivity index (χ0v) is 14.9. The molecule has 2 aromatic rings. The molecule has 3 rings (SSSR count). The summed E-state index contributed by atoms with van der Waals surface area (Å²) < 4.78 is 0.